The Labute approximate surface area is 120 Å². The second-order valence-corrected chi connectivity index (χ2v) is 4.79. The molecule has 0 spiro atoms. The highest BCUT2D eigenvalue weighted by Gasteiger charge is 2.03. The van der Waals surface area contributed by atoms with Gasteiger partial charge in [0.05, 0.1) is 0 Å². The van der Waals surface area contributed by atoms with E-state index in [1.807, 2.05) is 49.4 Å². The number of carbonyl (C=O) groups excluding carboxylic acids is 1. The summed E-state index contributed by atoms with van der Waals surface area (Å²) in [6.07, 6.45) is 2.71. The molecule has 0 saturated heterocycles. The fourth-order valence-electron chi connectivity index (χ4n) is 1.90. The second kappa shape index (κ2) is 6.71. The zero-order chi connectivity index (χ0) is 14.4. The molecular weight excluding hydrogens is 246 g/mol. The quantitative estimate of drug-likeness (QED) is 0.825. The molecule has 20 heavy (non-hydrogen) atoms. The number of allylic oxidation sites excluding steroid dienone is 1. The fraction of sp³-hybridized carbons (Fsp3) is 0.167. The maximum absolute atomic E-state index is 11.7. The van der Waals surface area contributed by atoms with Crippen LogP contribution in [0, 0.1) is 0 Å². The van der Waals surface area contributed by atoms with E-state index in [1.165, 1.54) is 11.1 Å². The lowest BCUT2D eigenvalue weighted by Gasteiger charge is -2.07. The van der Waals surface area contributed by atoms with E-state index >= 15 is 0 Å². The summed E-state index contributed by atoms with van der Waals surface area (Å²) in [5, 5.41) is 2.88. The fourth-order valence-corrected chi connectivity index (χ4v) is 1.90. The molecule has 2 nitrogen and oxygen atoms in total. The van der Waals surface area contributed by atoms with Crippen molar-refractivity contribution in [2.75, 3.05) is 5.32 Å². The maximum Gasteiger partial charge on any atom is 0.250 e. The molecule has 0 aliphatic heterocycles. The van der Waals surface area contributed by atoms with Crippen LogP contribution < -0.4 is 5.32 Å². The van der Waals surface area contributed by atoms with Crippen LogP contribution in [0.15, 0.2) is 66.2 Å². The van der Waals surface area contributed by atoms with Gasteiger partial charge in [-0.05, 0) is 43.5 Å². The van der Waals surface area contributed by atoms with Gasteiger partial charge < -0.3 is 5.32 Å². The van der Waals surface area contributed by atoms with Crippen LogP contribution in [-0.4, -0.2) is 5.91 Å². The highest BCUT2D eigenvalue weighted by molar-refractivity contribution is 6.03. The molecule has 0 fully saturated rings. The van der Waals surface area contributed by atoms with Crippen molar-refractivity contribution in [1.82, 2.24) is 0 Å². The molecule has 2 rings (SSSR count). The first-order chi connectivity index (χ1) is 9.69. The van der Waals surface area contributed by atoms with Gasteiger partial charge in [-0.15, -0.1) is 0 Å². The summed E-state index contributed by atoms with van der Waals surface area (Å²) in [6, 6.07) is 18.3. The van der Waals surface area contributed by atoms with Gasteiger partial charge in [-0.2, -0.15) is 0 Å². The van der Waals surface area contributed by atoms with Crippen LogP contribution in [0.2, 0.25) is 0 Å². The van der Waals surface area contributed by atoms with Crippen molar-refractivity contribution in [3.8, 4) is 0 Å². The van der Waals surface area contributed by atoms with Crippen LogP contribution in [0.1, 0.15) is 25.0 Å². The Bertz CT molecular complexity index is 597. The monoisotopic (exact) mass is 265 g/mol. The molecular formula is C18H19NO. The number of hydrogen-bond acceptors (Lipinski definition) is 1. The summed E-state index contributed by atoms with van der Waals surface area (Å²) in [4.78, 5) is 11.7. The molecule has 0 aliphatic carbocycles. The molecule has 102 valence electrons. The van der Waals surface area contributed by atoms with Gasteiger partial charge in [-0.3, -0.25) is 4.79 Å². The minimum Gasteiger partial charge on any atom is -0.322 e. The summed E-state index contributed by atoms with van der Waals surface area (Å²) < 4.78 is 0. The Kier molecular flexibility index (Phi) is 4.72. The molecule has 0 atom stereocenters. The minimum atomic E-state index is -0.0525. The highest BCUT2D eigenvalue weighted by atomic mass is 16.1. The Morgan fingerprint density at radius 1 is 1.00 bits per heavy atom. The van der Waals surface area contributed by atoms with Crippen molar-refractivity contribution in [3.63, 3.8) is 0 Å². The third-order valence-electron chi connectivity index (χ3n) is 3.25. The normalized spacial score (nSPS) is 11.2. The number of benzene rings is 2. The van der Waals surface area contributed by atoms with Crippen LogP contribution in [-0.2, 0) is 11.2 Å². The summed E-state index contributed by atoms with van der Waals surface area (Å²) in [6.45, 7) is 3.66. The topological polar surface area (TPSA) is 29.1 Å². The number of hydrogen-bond donors (Lipinski definition) is 1. The lowest BCUT2D eigenvalue weighted by atomic mass is 10.0. The van der Waals surface area contributed by atoms with Crippen molar-refractivity contribution in [3.05, 3.63) is 77.4 Å². The Morgan fingerprint density at radius 3 is 2.20 bits per heavy atom. The third kappa shape index (κ3) is 3.82. The Balaban J connectivity index is 2.02. The molecule has 0 aliphatic rings. The van der Waals surface area contributed by atoms with Crippen molar-refractivity contribution in [2.24, 2.45) is 0 Å². The van der Waals surface area contributed by atoms with Crippen molar-refractivity contribution in [2.45, 2.75) is 20.3 Å². The molecule has 0 aromatic heterocycles. The standard InChI is InChI=1S/C18H19NO/c1-3-14(2)18(20)19-17-11-9-16(10-12-17)13-15-7-5-4-6-8-15/h3-12H,13H2,1-2H3,(H,19,20)/b14-3+. The highest BCUT2D eigenvalue weighted by Crippen LogP contribution is 2.14. The van der Waals surface area contributed by atoms with Gasteiger partial charge >= 0.3 is 0 Å². The predicted molar refractivity (Wildman–Crippen MR) is 83.8 cm³/mol. The molecule has 0 bridgehead atoms. The van der Waals surface area contributed by atoms with Crippen LogP contribution in [0.4, 0.5) is 5.69 Å². The average Bonchev–Trinajstić information content (AvgIpc) is 2.49. The average molecular weight is 265 g/mol. The number of carbonyl (C=O) groups is 1. The van der Waals surface area contributed by atoms with Gasteiger partial charge in [0.2, 0.25) is 0 Å². The van der Waals surface area contributed by atoms with Gasteiger partial charge in [0.25, 0.3) is 5.91 Å². The predicted octanol–water partition coefficient (Wildman–Crippen LogP) is 4.18. The van der Waals surface area contributed by atoms with E-state index in [4.69, 9.17) is 0 Å². The van der Waals surface area contributed by atoms with Gasteiger partial charge in [0.15, 0.2) is 0 Å². The van der Waals surface area contributed by atoms with Gasteiger partial charge in [0, 0.05) is 11.3 Å². The first kappa shape index (κ1) is 14.1. The zero-order valence-electron chi connectivity index (χ0n) is 11.9. The summed E-state index contributed by atoms with van der Waals surface area (Å²) in [5.41, 5.74) is 4.07. The first-order valence-corrected chi connectivity index (χ1v) is 6.76. The Hall–Kier alpha value is -2.35. The van der Waals surface area contributed by atoms with E-state index in [0.29, 0.717) is 0 Å². The van der Waals surface area contributed by atoms with Crippen molar-refractivity contribution >= 4 is 11.6 Å². The number of rotatable bonds is 4. The molecule has 2 aromatic carbocycles. The van der Waals surface area contributed by atoms with Crippen LogP contribution in [0.5, 0.6) is 0 Å². The van der Waals surface area contributed by atoms with Crippen LogP contribution >= 0.6 is 0 Å². The molecule has 0 radical (unpaired) electrons. The minimum absolute atomic E-state index is 0.0525. The van der Waals surface area contributed by atoms with Crippen LogP contribution in [0.3, 0.4) is 0 Å². The molecule has 0 saturated carbocycles. The molecule has 2 heteroatoms. The van der Waals surface area contributed by atoms with Gasteiger partial charge in [-0.25, -0.2) is 0 Å². The Morgan fingerprint density at radius 2 is 1.60 bits per heavy atom. The van der Waals surface area contributed by atoms with Crippen molar-refractivity contribution in [1.29, 1.82) is 0 Å². The number of nitrogens with one attached hydrogen (secondary N) is 1. The number of anilines is 1. The smallest absolute Gasteiger partial charge is 0.250 e. The van der Waals surface area contributed by atoms with E-state index in [-0.39, 0.29) is 5.91 Å². The molecule has 2 aromatic rings. The lowest BCUT2D eigenvalue weighted by molar-refractivity contribution is -0.112. The summed E-state index contributed by atoms with van der Waals surface area (Å²) in [5.74, 6) is -0.0525. The largest absolute Gasteiger partial charge is 0.322 e. The molecule has 1 amide bonds. The van der Waals surface area contributed by atoms with E-state index in [2.05, 4.69) is 17.4 Å². The van der Waals surface area contributed by atoms with Gasteiger partial charge in [0.1, 0.15) is 0 Å². The SMILES string of the molecule is C/C=C(\C)C(=O)Nc1ccc(Cc2ccccc2)cc1. The van der Waals surface area contributed by atoms with E-state index in [9.17, 15) is 4.79 Å². The van der Waals surface area contributed by atoms with E-state index in [1.54, 1.807) is 13.0 Å². The third-order valence-corrected chi connectivity index (χ3v) is 3.25. The van der Waals surface area contributed by atoms with Crippen LogP contribution in [0.25, 0.3) is 0 Å². The zero-order valence-corrected chi connectivity index (χ0v) is 11.9. The molecule has 0 unspecified atom stereocenters. The van der Waals surface area contributed by atoms with Gasteiger partial charge in [-0.1, -0.05) is 48.5 Å². The van der Waals surface area contributed by atoms with E-state index in [0.717, 1.165) is 17.7 Å². The number of amides is 1. The maximum atomic E-state index is 11.7. The summed E-state index contributed by atoms with van der Waals surface area (Å²) in [7, 11) is 0. The molecule has 1 N–H and O–H groups in total. The lowest BCUT2D eigenvalue weighted by Crippen LogP contribution is -2.12. The summed E-state index contributed by atoms with van der Waals surface area (Å²) >= 11 is 0. The van der Waals surface area contributed by atoms with Crippen molar-refractivity contribution < 1.29 is 4.79 Å². The molecule has 0 heterocycles. The second-order valence-electron chi connectivity index (χ2n) is 4.79. The van der Waals surface area contributed by atoms with E-state index < -0.39 is 0 Å². The first-order valence-electron chi connectivity index (χ1n) is 6.76.